The fourth-order valence-corrected chi connectivity index (χ4v) is 4.50. The topological polar surface area (TPSA) is 69.8 Å². The van der Waals surface area contributed by atoms with Gasteiger partial charge < -0.3 is 10.8 Å². The summed E-state index contributed by atoms with van der Waals surface area (Å²) >= 11 is 0. The van der Waals surface area contributed by atoms with E-state index in [1.54, 1.807) is 0 Å². The Labute approximate surface area is 121 Å². The summed E-state index contributed by atoms with van der Waals surface area (Å²) in [4.78, 5) is 16.1. The predicted octanol–water partition coefficient (Wildman–Crippen LogP) is 0.316. The molecule has 3 N–H and O–H groups in total. The number of aliphatic hydroxyl groups is 1. The van der Waals surface area contributed by atoms with E-state index < -0.39 is 5.60 Å². The third-order valence-corrected chi connectivity index (χ3v) is 5.46. The third-order valence-electron chi connectivity index (χ3n) is 5.46. The van der Waals surface area contributed by atoms with Crippen LogP contribution >= 0.6 is 0 Å². The number of hydrogen-bond donors (Lipinski definition) is 2. The first-order valence-electron chi connectivity index (χ1n) is 8.10. The third kappa shape index (κ3) is 2.59. The van der Waals surface area contributed by atoms with E-state index in [1.807, 2.05) is 0 Å². The molecular weight excluding hydrogens is 254 g/mol. The smallest absolute Gasteiger partial charge is 0.234 e. The number of carbonyl (C=O) groups excluding carboxylic acids is 1. The van der Waals surface area contributed by atoms with Crippen molar-refractivity contribution in [2.45, 2.75) is 62.6 Å². The molecule has 3 atom stereocenters. The van der Waals surface area contributed by atoms with Crippen LogP contribution in [0.2, 0.25) is 0 Å². The van der Waals surface area contributed by atoms with Gasteiger partial charge in [-0.1, -0.05) is 6.42 Å². The zero-order chi connectivity index (χ0) is 14.2. The van der Waals surface area contributed by atoms with Gasteiger partial charge in [-0.05, 0) is 58.2 Å². The molecule has 0 bridgehead atoms. The average Bonchev–Trinajstić information content (AvgIpc) is 2.87. The summed E-state index contributed by atoms with van der Waals surface area (Å²) in [5.41, 5.74) is 4.84. The maximum absolute atomic E-state index is 11.5. The van der Waals surface area contributed by atoms with Crippen LogP contribution in [0.15, 0.2) is 0 Å². The van der Waals surface area contributed by atoms with Gasteiger partial charge in [0.25, 0.3) is 0 Å². The normalized spacial score (nSPS) is 39.6. The van der Waals surface area contributed by atoms with Gasteiger partial charge in [0.05, 0.1) is 11.6 Å². The molecule has 1 amide bonds. The van der Waals surface area contributed by atoms with Crippen molar-refractivity contribution in [3.8, 4) is 0 Å². The number of carbonyl (C=O) groups is 1. The average molecular weight is 281 g/mol. The number of nitrogens with zero attached hydrogens (tertiary/aromatic N) is 2. The van der Waals surface area contributed by atoms with Gasteiger partial charge in [-0.15, -0.1) is 0 Å². The standard InChI is InChI=1S/C15H27N3O2/c16-14(19)12-5-3-9-18(12)11-15(20)7-4-10-17-8-2-1-6-13(15)17/h12-13,20H,1-11H2,(H2,16,19)/t12-,13-,15-/m1/s1. The van der Waals surface area contributed by atoms with Crippen molar-refractivity contribution >= 4 is 5.91 Å². The summed E-state index contributed by atoms with van der Waals surface area (Å²) < 4.78 is 0. The van der Waals surface area contributed by atoms with Crippen LogP contribution in [0, 0.1) is 0 Å². The van der Waals surface area contributed by atoms with Crippen LogP contribution in [0.3, 0.4) is 0 Å². The number of fused-ring (bicyclic) bond motifs is 1. The Hall–Kier alpha value is -0.650. The highest BCUT2D eigenvalue weighted by molar-refractivity contribution is 5.80. The SMILES string of the molecule is NC(=O)[C@H]1CCCN1C[C@]1(O)CCCN2CCCC[C@@H]21. The van der Waals surface area contributed by atoms with Gasteiger partial charge in [0.1, 0.15) is 0 Å². The summed E-state index contributed by atoms with van der Waals surface area (Å²) in [5.74, 6) is -0.234. The van der Waals surface area contributed by atoms with Gasteiger partial charge in [0.2, 0.25) is 5.91 Å². The molecule has 0 aromatic rings. The number of nitrogens with two attached hydrogens (primary N) is 1. The molecule has 0 radical (unpaired) electrons. The molecule has 3 aliphatic rings. The lowest BCUT2D eigenvalue weighted by Gasteiger charge is -2.51. The Morgan fingerprint density at radius 2 is 1.95 bits per heavy atom. The van der Waals surface area contributed by atoms with Crippen molar-refractivity contribution in [2.24, 2.45) is 5.73 Å². The van der Waals surface area contributed by atoms with Crippen LogP contribution in [-0.2, 0) is 4.79 Å². The van der Waals surface area contributed by atoms with E-state index in [1.165, 1.54) is 12.8 Å². The van der Waals surface area contributed by atoms with E-state index >= 15 is 0 Å². The van der Waals surface area contributed by atoms with Crippen LogP contribution < -0.4 is 5.73 Å². The van der Waals surface area contributed by atoms with Gasteiger partial charge in [-0.2, -0.15) is 0 Å². The molecule has 3 heterocycles. The Balaban J connectivity index is 1.72. The second kappa shape index (κ2) is 5.62. The molecule has 3 saturated heterocycles. The molecule has 0 spiro atoms. The highest BCUT2D eigenvalue weighted by Crippen LogP contribution is 2.35. The summed E-state index contributed by atoms with van der Waals surface area (Å²) in [6.07, 6.45) is 7.32. The first kappa shape index (κ1) is 14.3. The second-order valence-electron chi connectivity index (χ2n) is 6.79. The van der Waals surface area contributed by atoms with Crippen LogP contribution in [0.25, 0.3) is 0 Å². The van der Waals surface area contributed by atoms with Crippen molar-refractivity contribution < 1.29 is 9.90 Å². The quantitative estimate of drug-likeness (QED) is 0.781. The molecule has 3 rings (SSSR count). The minimum atomic E-state index is -0.656. The fraction of sp³-hybridized carbons (Fsp3) is 0.933. The number of piperidine rings is 2. The van der Waals surface area contributed by atoms with Gasteiger partial charge in [-0.25, -0.2) is 0 Å². The van der Waals surface area contributed by atoms with Crippen LogP contribution in [0.4, 0.5) is 0 Å². The van der Waals surface area contributed by atoms with Crippen molar-refractivity contribution in [3.63, 3.8) is 0 Å². The first-order chi connectivity index (χ1) is 9.60. The van der Waals surface area contributed by atoms with Gasteiger partial charge in [0, 0.05) is 12.6 Å². The summed E-state index contributed by atoms with van der Waals surface area (Å²) in [5, 5.41) is 11.2. The lowest BCUT2D eigenvalue weighted by atomic mass is 9.79. The maximum atomic E-state index is 11.5. The first-order valence-corrected chi connectivity index (χ1v) is 8.10. The molecule has 0 saturated carbocycles. The van der Waals surface area contributed by atoms with E-state index in [4.69, 9.17) is 5.73 Å². The monoisotopic (exact) mass is 281 g/mol. The molecular formula is C15H27N3O2. The minimum Gasteiger partial charge on any atom is -0.387 e. The maximum Gasteiger partial charge on any atom is 0.234 e. The number of primary amides is 1. The zero-order valence-electron chi connectivity index (χ0n) is 12.3. The van der Waals surface area contributed by atoms with Crippen molar-refractivity contribution in [3.05, 3.63) is 0 Å². The predicted molar refractivity (Wildman–Crippen MR) is 77.2 cm³/mol. The Bertz CT molecular complexity index is 374. The molecule has 3 aliphatic heterocycles. The fourth-order valence-electron chi connectivity index (χ4n) is 4.50. The van der Waals surface area contributed by atoms with E-state index in [0.29, 0.717) is 6.54 Å². The highest BCUT2D eigenvalue weighted by atomic mass is 16.3. The van der Waals surface area contributed by atoms with E-state index in [9.17, 15) is 9.90 Å². The molecule has 0 aliphatic carbocycles. The number of β-amino-alcohol motifs (C(OH)–C–C–N with tert-alkyl or cyclic N) is 1. The number of hydrogen-bond acceptors (Lipinski definition) is 4. The van der Waals surface area contributed by atoms with Crippen LogP contribution in [-0.4, -0.2) is 64.7 Å². The van der Waals surface area contributed by atoms with E-state index in [0.717, 1.165) is 51.7 Å². The Morgan fingerprint density at radius 1 is 1.15 bits per heavy atom. The summed E-state index contributed by atoms with van der Waals surface area (Å²) in [7, 11) is 0. The minimum absolute atomic E-state index is 0.169. The molecule has 20 heavy (non-hydrogen) atoms. The van der Waals surface area contributed by atoms with Crippen LogP contribution in [0.5, 0.6) is 0 Å². The molecule has 0 aromatic heterocycles. The van der Waals surface area contributed by atoms with E-state index in [-0.39, 0.29) is 18.0 Å². The molecule has 114 valence electrons. The Kier molecular flexibility index (Phi) is 4.02. The van der Waals surface area contributed by atoms with Crippen LogP contribution in [0.1, 0.15) is 44.9 Å². The summed E-state index contributed by atoms with van der Waals surface area (Å²) in [6.45, 7) is 3.74. The Morgan fingerprint density at radius 3 is 2.75 bits per heavy atom. The highest BCUT2D eigenvalue weighted by Gasteiger charge is 2.46. The molecule has 5 nitrogen and oxygen atoms in total. The summed E-state index contributed by atoms with van der Waals surface area (Å²) in [6, 6.07) is 0.108. The van der Waals surface area contributed by atoms with Crippen molar-refractivity contribution in [1.29, 1.82) is 0 Å². The lowest BCUT2D eigenvalue weighted by Crippen LogP contribution is -2.63. The molecule has 0 aromatic carbocycles. The zero-order valence-corrected chi connectivity index (χ0v) is 12.3. The number of amides is 1. The largest absolute Gasteiger partial charge is 0.387 e. The number of likely N-dealkylation sites (tertiary alicyclic amines) is 1. The van der Waals surface area contributed by atoms with E-state index in [2.05, 4.69) is 9.80 Å². The molecule has 3 fully saturated rings. The lowest BCUT2D eigenvalue weighted by molar-refractivity contribution is -0.128. The van der Waals surface area contributed by atoms with Gasteiger partial charge in [-0.3, -0.25) is 14.6 Å². The van der Waals surface area contributed by atoms with Gasteiger partial charge in [0.15, 0.2) is 0 Å². The van der Waals surface area contributed by atoms with Crippen molar-refractivity contribution in [1.82, 2.24) is 9.80 Å². The van der Waals surface area contributed by atoms with Crippen molar-refractivity contribution in [2.75, 3.05) is 26.2 Å². The number of rotatable bonds is 3. The van der Waals surface area contributed by atoms with Gasteiger partial charge >= 0.3 is 0 Å². The molecule has 5 heteroatoms. The second-order valence-corrected chi connectivity index (χ2v) is 6.79. The molecule has 0 unspecified atom stereocenters.